The lowest BCUT2D eigenvalue weighted by Crippen LogP contribution is -2.44. The number of anilines is 2. The van der Waals surface area contributed by atoms with Gasteiger partial charge in [0.2, 0.25) is 11.8 Å². The average Bonchev–Trinajstić information content (AvgIpc) is 3.56. The fourth-order valence-electron chi connectivity index (χ4n) is 6.39. The van der Waals surface area contributed by atoms with Gasteiger partial charge in [0, 0.05) is 42.5 Å². The Kier molecular flexibility index (Phi) is 8.99. The largest absolute Gasteiger partial charge is 0.475 e. The Morgan fingerprint density at radius 3 is 2.33 bits per heavy atom. The number of nitrogens with one attached hydrogen (secondary N) is 1. The smallest absolute Gasteiger partial charge is 0.264 e. The Labute approximate surface area is 271 Å². The first-order valence-electron chi connectivity index (χ1n) is 15.9. The van der Waals surface area contributed by atoms with Crippen LogP contribution in [0.2, 0.25) is 0 Å². The van der Waals surface area contributed by atoms with Gasteiger partial charge in [-0.05, 0) is 86.1 Å². The van der Waals surface area contributed by atoms with Gasteiger partial charge in [-0.15, -0.1) is 0 Å². The molecule has 4 aromatic rings. The fraction of sp³-hybridized carbons (Fsp3) is 0.361. The van der Waals surface area contributed by atoms with Crippen molar-refractivity contribution in [3.05, 3.63) is 95.1 Å². The van der Waals surface area contributed by atoms with Crippen molar-refractivity contribution in [2.45, 2.75) is 64.4 Å². The highest BCUT2D eigenvalue weighted by molar-refractivity contribution is 7.92. The lowest BCUT2D eigenvalue weighted by atomic mass is 10.00. The van der Waals surface area contributed by atoms with Crippen LogP contribution in [-0.4, -0.2) is 54.9 Å². The number of sulfonamides is 1. The second-order valence-corrected chi connectivity index (χ2v) is 14.4. The Balaban J connectivity index is 1.43. The molecular weight excluding hydrogens is 598 g/mol. The van der Waals surface area contributed by atoms with Gasteiger partial charge in [-0.1, -0.05) is 50.2 Å². The molecule has 0 unspecified atom stereocenters. The zero-order valence-corrected chi connectivity index (χ0v) is 27.7. The van der Waals surface area contributed by atoms with E-state index in [2.05, 4.69) is 57.7 Å². The van der Waals surface area contributed by atoms with Gasteiger partial charge in [-0.25, -0.2) is 18.1 Å². The minimum Gasteiger partial charge on any atom is -0.475 e. The van der Waals surface area contributed by atoms with E-state index in [1.54, 1.807) is 18.2 Å². The topological polar surface area (TPSA) is 105 Å². The molecule has 1 aromatic heterocycles. The van der Waals surface area contributed by atoms with E-state index in [9.17, 15) is 13.2 Å². The van der Waals surface area contributed by atoms with E-state index in [-0.39, 0.29) is 46.8 Å². The van der Waals surface area contributed by atoms with Gasteiger partial charge in [0.25, 0.3) is 15.9 Å². The number of carbonyl (C=O) groups excluding carboxylic acids is 1. The number of ether oxygens (including phenoxy) is 1. The number of benzene rings is 3. The summed E-state index contributed by atoms with van der Waals surface area (Å²) in [6, 6.07) is 21.9. The molecule has 10 heteroatoms. The second kappa shape index (κ2) is 13.1. The molecule has 0 spiro atoms. The van der Waals surface area contributed by atoms with Crippen LogP contribution in [-0.2, 0) is 16.6 Å². The normalized spacial score (nSPS) is 17.9. The van der Waals surface area contributed by atoms with Crippen LogP contribution in [0.3, 0.4) is 0 Å². The number of hydrogen-bond donors (Lipinski definition) is 1. The standard InChI is InChI=1S/C36H41N5O4S/c1-24(2)19-30-23-45-33-21-32(34-25(3)9-7-10-26(34)4)37-36(38-33)39-46(43,44)31-12-8-11-28(20-31)35(42)41(30)22-27-13-15-29(16-14-27)40-17-5-6-18-40/h7-16,20-21,24,30H,5-6,17-19,22-23H2,1-4H3,(H,37,38,39)/t30-/m1/s1. The summed E-state index contributed by atoms with van der Waals surface area (Å²) < 4.78 is 36.1. The third kappa shape index (κ3) is 6.87. The van der Waals surface area contributed by atoms with Crippen molar-refractivity contribution in [1.29, 1.82) is 0 Å². The van der Waals surface area contributed by atoms with E-state index < -0.39 is 10.0 Å². The number of aryl methyl sites for hydroxylation is 2. The van der Waals surface area contributed by atoms with E-state index in [1.165, 1.54) is 30.7 Å². The summed E-state index contributed by atoms with van der Waals surface area (Å²) in [6.45, 7) is 10.8. The average molecular weight is 640 g/mol. The third-order valence-corrected chi connectivity index (χ3v) is 10.0. The highest BCUT2D eigenvalue weighted by Gasteiger charge is 2.29. The van der Waals surface area contributed by atoms with E-state index in [0.29, 0.717) is 18.7 Å². The van der Waals surface area contributed by atoms with Crippen LogP contribution in [0.4, 0.5) is 11.6 Å². The zero-order valence-electron chi connectivity index (χ0n) is 26.9. The number of carbonyl (C=O) groups is 1. The quantitative estimate of drug-likeness (QED) is 0.253. The van der Waals surface area contributed by atoms with Crippen LogP contribution in [0.5, 0.6) is 5.88 Å². The van der Waals surface area contributed by atoms with Gasteiger partial charge in [0.05, 0.1) is 16.6 Å². The first-order valence-corrected chi connectivity index (χ1v) is 17.4. The summed E-state index contributed by atoms with van der Waals surface area (Å²) in [5.74, 6) is 0.133. The van der Waals surface area contributed by atoms with Crippen LogP contribution in [0, 0.1) is 19.8 Å². The summed E-state index contributed by atoms with van der Waals surface area (Å²) >= 11 is 0. The van der Waals surface area contributed by atoms with Gasteiger partial charge in [-0.3, -0.25) is 4.79 Å². The Bertz CT molecular complexity index is 1820. The summed E-state index contributed by atoms with van der Waals surface area (Å²) in [4.78, 5) is 27.6. The molecular formula is C36H41N5O4S. The van der Waals surface area contributed by atoms with E-state index in [1.807, 2.05) is 36.9 Å². The predicted octanol–water partition coefficient (Wildman–Crippen LogP) is 6.61. The molecule has 3 heterocycles. The number of nitrogens with zero attached hydrogens (tertiary/aromatic N) is 4. The monoisotopic (exact) mass is 639 g/mol. The van der Waals surface area contributed by atoms with Gasteiger partial charge < -0.3 is 14.5 Å². The Hall–Kier alpha value is -4.44. The maximum Gasteiger partial charge on any atom is 0.264 e. The first kappa shape index (κ1) is 31.5. The zero-order chi connectivity index (χ0) is 32.4. The molecule has 0 aliphatic carbocycles. The number of amides is 1. The minimum absolute atomic E-state index is 0.0449. The molecule has 1 N–H and O–H groups in total. The molecule has 6 rings (SSSR count). The summed E-state index contributed by atoms with van der Waals surface area (Å²) in [6.07, 6.45) is 3.08. The van der Waals surface area contributed by atoms with Crippen molar-refractivity contribution >= 4 is 27.6 Å². The third-order valence-electron chi connectivity index (χ3n) is 8.69. The van der Waals surface area contributed by atoms with E-state index >= 15 is 0 Å². The molecule has 240 valence electrons. The molecule has 1 saturated heterocycles. The molecule has 1 atom stereocenters. The van der Waals surface area contributed by atoms with Crippen LogP contribution in [0.1, 0.15) is 60.2 Å². The van der Waals surface area contributed by atoms with Gasteiger partial charge in [0.1, 0.15) is 6.61 Å². The maximum atomic E-state index is 14.3. The summed E-state index contributed by atoms with van der Waals surface area (Å²) in [5, 5.41) is 0. The van der Waals surface area contributed by atoms with Gasteiger partial charge in [-0.2, -0.15) is 4.98 Å². The highest BCUT2D eigenvalue weighted by Crippen LogP contribution is 2.31. The lowest BCUT2D eigenvalue weighted by molar-refractivity contribution is 0.0553. The van der Waals surface area contributed by atoms with E-state index in [0.717, 1.165) is 35.3 Å². The molecule has 0 saturated carbocycles. The van der Waals surface area contributed by atoms with Crippen molar-refractivity contribution in [3.63, 3.8) is 0 Å². The van der Waals surface area contributed by atoms with Crippen molar-refractivity contribution in [1.82, 2.24) is 14.9 Å². The minimum atomic E-state index is -4.13. The number of hydrogen-bond acceptors (Lipinski definition) is 7. The molecule has 3 aromatic carbocycles. The van der Waals surface area contributed by atoms with Crippen LogP contribution in [0.25, 0.3) is 11.3 Å². The maximum absolute atomic E-state index is 14.3. The van der Waals surface area contributed by atoms with Gasteiger partial charge >= 0.3 is 0 Å². The lowest BCUT2D eigenvalue weighted by Gasteiger charge is -2.33. The molecule has 9 nitrogen and oxygen atoms in total. The van der Waals surface area contributed by atoms with Crippen molar-refractivity contribution in [3.8, 4) is 17.1 Å². The summed E-state index contributed by atoms with van der Waals surface area (Å²) in [5.41, 5.74) is 5.88. The predicted molar refractivity (Wildman–Crippen MR) is 181 cm³/mol. The highest BCUT2D eigenvalue weighted by atomic mass is 32.2. The Morgan fingerprint density at radius 2 is 1.63 bits per heavy atom. The van der Waals surface area contributed by atoms with Gasteiger partial charge in [0.15, 0.2) is 0 Å². The molecule has 2 aliphatic heterocycles. The van der Waals surface area contributed by atoms with E-state index in [4.69, 9.17) is 4.74 Å². The molecule has 4 bridgehead atoms. The summed E-state index contributed by atoms with van der Waals surface area (Å²) in [7, 11) is -4.13. The molecule has 2 aliphatic rings. The molecule has 1 fully saturated rings. The SMILES string of the molecule is Cc1cccc(C)c1-c1cc2nc(n1)NS(=O)(=O)c1cccc(c1)C(=O)N(Cc1ccc(N3CCCC3)cc1)[C@H](CC(C)C)CO2. The molecule has 46 heavy (non-hydrogen) atoms. The fourth-order valence-corrected chi connectivity index (χ4v) is 7.38. The number of rotatable bonds is 6. The first-order chi connectivity index (χ1) is 22.1. The Morgan fingerprint density at radius 1 is 0.935 bits per heavy atom. The van der Waals surface area contributed by atoms with Crippen LogP contribution in [0.15, 0.2) is 77.7 Å². The number of aromatic nitrogens is 2. The van der Waals surface area contributed by atoms with Crippen molar-refractivity contribution < 1.29 is 17.9 Å². The van der Waals surface area contributed by atoms with Crippen molar-refractivity contribution in [2.24, 2.45) is 5.92 Å². The molecule has 0 radical (unpaired) electrons. The van der Waals surface area contributed by atoms with Crippen molar-refractivity contribution in [2.75, 3.05) is 29.3 Å². The molecule has 1 amide bonds. The second-order valence-electron chi connectivity index (χ2n) is 12.7. The number of fused-ring (bicyclic) bond motifs is 4. The van der Waals surface area contributed by atoms with Crippen LogP contribution < -0.4 is 14.4 Å². The van der Waals surface area contributed by atoms with Crippen LogP contribution >= 0.6 is 0 Å².